The molecule has 3 rings (SSSR count). The molecule has 0 radical (unpaired) electrons. The summed E-state index contributed by atoms with van der Waals surface area (Å²) in [6.07, 6.45) is 7.17. The minimum absolute atomic E-state index is 0.00258. The molecule has 3 aromatic rings. The summed E-state index contributed by atoms with van der Waals surface area (Å²) < 4.78 is 2.01. The number of imidazole rings is 1. The van der Waals surface area contributed by atoms with Crippen LogP contribution in [0.4, 0.5) is 0 Å². The van der Waals surface area contributed by atoms with Gasteiger partial charge in [0.2, 0.25) is 0 Å². The van der Waals surface area contributed by atoms with Crippen molar-refractivity contribution in [1.82, 2.24) is 14.9 Å². The second-order valence-corrected chi connectivity index (χ2v) is 6.36. The van der Waals surface area contributed by atoms with E-state index in [0.29, 0.717) is 6.54 Å². The number of hydrogen-bond donors (Lipinski definition) is 1. The fourth-order valence-corrected chi connectivity index (χ4v) is 3.20. The third-order valence-electron chi connectivity index (χ3n) is 3.64. The van der Waals surface area contributed by atoms with Gasteiger partial charge in [-0.15, -0.1) is 11.3 Å². The Bertz CT molecular complexity index is 735. The number of benzene rings is 1. The van der Waals surface area contributed by atoms with Crippen molar-refractivity contribution in [3.05, 3.63) is 76.5 Å². The van der Waals surface area contributed by atoms with Gasteiger partial charge in [-0.25, -0.2) is 4.98 Å². The smallest absolute Gasteiger partial charge is 0.251 e. The molecule has 4 nitrogen and oxygen atoms in total. The maximum absolute atomic E-state index is 12.4. The molecule has 5 heteroatoms. The Morgan fingerprint density at radius 1 is 1.22 bits per heavy atom. The minimum atomic E-state index is 0.00258. The molecule has 0 bridgehead atoms. The van der Waals surface area contributed by atoms with Gasteiger partial charge in [-0.1, -0.05) is 24.3 Å². The van der Waals surface area contributed by atoms with Gasteiger partial charge < -0.3 is 9.88 Å². The fraction of sp³-hybridized carbons (Fsp3) is 0.222. The molecule has 0 saturated heterocycles. The predicted octanol–water partition coefficient (Wildman–Crippen LogP) is 3.36. The van der Waals surface area contributed by atoms with E-state index in [1.54, 1.807) is 23.9 Å². The van der Waals surface area contributed by atoms with Gasteiger partial charge in [0.25, 0.3) is 5.91 Å². The average Bonchev–Trinajstić information content (AvgIpc) is 3.25. The monoisotopic (exact) mass is 325 g/mol. The number of rotatable bonds is 7. The van der Waals surface area contributed by atoms with Gasteiger partial charge in [0.15, 0.2) is 0 Å². The molecule has 0 atom stereocenters. The van der Waals surface area contributed by atoms with Crippen LogP contribution in [0.25, 0.3) is 0 Å². The number of nitrogens with zero attached hydrogens (tertiary/aromatic N) is 2. The molecule has 0 aliphatic heterocycles. The first kappa shape index (κ1) is 15.5. The van der Waals surface area contributed by atoms with E-state index in [-0.39, 0.29) is 5.91 Å². The summed E-state index contributed by atoms with van der Waals surface area (Å²) in [5.74, 6) is 0.00258. The van der Waals surface area contributed by atoms with Crippen molar-refractivity contribution in [2.45, 2.75) is 19.4 Å². The maximum Gasteiger partial charge on any atom is 0.251 e. The summed E-state index contributed by atoms with van der Waals surface area (Å²) in [5, 5.41) is 5.08. The number of thiophene rings is 1. The van der Waals surface area contributed by atoms with Crippen molar-refractivity contribution in [3.63, 3.8) is 0 Å². The van der Waals surface area contributed by atoms with E-state index in [4.69, 9.17) is 0 Å². The van der Waals surface area contributed by atoms with Gasteiger partial charge in [0.1, 0.15) is 0 Å². The number of amides is 1. The highest BCUT2D eigenvalue weighted by Crippen LogP contribution is 2.18. The molecular formula is C18H19N3OS. The van der Waals surface area contributed by atoms with E-state index in [1.807, 2.05) is 41.1 Å². The van der Waals surface area contributed by atoms with Crippen LogP contribution in [0.15, 0.2) is 60.5 Å². The second kappa shape index (κ2) is 7.74. The molecular weight excluding hydrogens is 306 g/mol. The summed E-state index contributed by atoms with van der Waals surface area (Å²) in [5.41, 5.74) is 1.84. The Morgan fingerprint density at radius 2 is 2.13 bits per heavy atom. The van der Waals surface area contributed by atoms with Gasteiger partial charge in [-0.3, -0.25) is 4.79 Å². The molecule has 0 aliphatic carbocycles. The molecule has 1 N–H and O–H groups in total. The zero-order valence-electron chi connectivity index (χ0n) is 12.8. The largest absolute Gasteiger partial charge is 0.352 e. The number of carbonyl (C=O) groups is 1. The lowest BCUT2D eigenvalue weighted by molar-refractivity contribution is 0.0952. The lowest BCUT2D eigenvalue weighted by Crippen LogP contribution is -2.26. The predicted molar refractivity (Wildman–Crippen MR) is 92.7 cm³/mol. The number of nitrogens with one attached hydrogen (secondary N) is 1. The Balaban J connectivity index is 1.56. The van der Waals surface area contributed by atoms with Crippen LogP contribution >= 0.6 is 11.3 Å². The third kappa shape index (κ3) is 4.29. The lowest BCUT2D eigenvalue weighted by atomic mass is 10.0. The number of hydrogen-bond acceptors (Lipinski definition) is 3. The van der Waals surface area contributed by atoms with Crippen molar-refractivity contribution in [1.29, 1.82) is 0 Å². The second-order valence-electron chi connectivity index (χ2n) is 5.32. The average molecular weight is 325 g/mol. The third-order valence-corrected chi connectivity index (χ3v) is 4.52. The lowest BCUT2D eigenvalue weighted by Gasteiger charge is -2.10. The molecule has 23 heavy (non-hydrogen) atoms. The molecule has 1 aromatic carbocycles. The van der Waals surface area contributed by atoms with Crippen LogP contribution < -0.4 is 5.32 Å². The highest BCUT2D eigenvalue weighted by atomic mass is 32.1. The molecule has 1 amide bonds. The zero-order valence-corrected chi connectivity index (χ0v) is 13.6. The van der Waals surface area contributed by atoms with E-state index in [2.05, 4.69) is 21.7 Å². The Labute approximate surface area is 139 Å². The van der Waals surface area contributed by atoms with Crippen LogP contribution in [0.5, 0.6) is 0 Å². The molecule has 0 spiro atoms. The Kier molecular flexibility index (Phi) is 5.21. The highest BCUT2D eigenvalue weighted by Gasteiger charge is 2.11. The molecule has 0 aliphatic rings. The van der Waals surface area contributed by atoms with Crippen molar-refractivity contribution >= 4 is 17.2 Å². The first-order chi connectivity index (χ1) is 11.3. The summed E-state index contributed by atoms with van der Waals surface area (Å²) in [6, 6.07) is 12.0. The molecule has 2 heterocycles. The first-order valence-electron chi connectivity index (χ1n) is 7.67. The van der Waals surface area contributed by atoms with E-state index in [0.717, 1.165) is 30.5 Å². The molecule has 0 fully saturated rings. The summed E-state index contributed by atoms with van der Waals surface area (Å²) in [4.78, 5) is 17.7. The first-order valence-corrected chi connectivity index (χ1v) is 8.55. The van der Waals surface area contributed by atoms with Crippen molar-refractivity contribution in [3.8, 4) is 0 Å². The molecule has 0 unspecified atom stereocenters. The maximum atomic E-state index is 12.4. The Hall–Kier alpha value is -2.40. The van der Waals surface area contributed by atoms with Crippen LogP contribution in [-0.4, -0.2) is 22.0 Å². The van der Waals surface area contributed by atoms with Crippen LogP contribution in [0.1, 0.15) is 27.2 Å². The SMILES string of the molecule is O=C(NCCCn1ccnc1)c1ccccc1Cc1cccs1. The Morgan fingerprint density at radius 3 is 2.91 bits per heavy atom. The number of carbonyl (C=O) groups excluding carboxylic acids is 1. The van der Waals surface area contributed by atoms with E-state index < -0.39 is 0 Å². The van der Waals surface area contributed by atoms with Crippen molar-refractivity contribution in [2.75, 3.05) is 6.54 Å². The normalized spacial score (nSPS) is 10.6. The van der Waals surface area contributed by atoms with E-state index >= 15 is 0 Å². The van der Waals surface area contributed by atoms with Crippen LogP contribution in [0.3, 0.4) is 0 Å². The quantitative estimate of drug-likeness (QED) is 0.677. The number of aryl methyl sites for hydroxylation is 1. The van der Waals surface area contributed by atoms with Crippen LogP contribution in [0, 0.1) is 0 Å². The standard InChI is InChI=1S/C18H19N3OS/c22-18(20-8-4-10-21-11-9-19-14-21)17-7-2-1-5-15(17)13-16-6-3-12-23-16/h1-3,5-7,9,11-12,14H,4,8,10,13H2,(H,20,22). The highest BCUT2D eigenvalue weighted by molar-refractivity contribution is 7.09. The summed E-state index contributed by atoms with van der Waals surface area (Å²) in [6.45, 7) is 1.52. The molecule has 118 valence electrons. The van der Waals surface area contributed by atoms with Gasteiger partial charge in [-0.05, 0) is 29.5 Å². The zero-order chi connectivity index (χ0) is 15.9. The van der Waals surface area contributed by atoms with Crippen LogP contribution in [0.2, 0.25) is 0 Å². The van der Waals surface area contributed by atoms with Gasteiger partial charge in [0.05, 0.1) is 6.33 Å². The topological polar surface area (TPSA) is 46.9 Å². The minimum Gasteiger partial charge on any atom is -0.352 e. The van der Waals surface area contributed by atoms with Crippen molar-refractivity contribution < 1.29 is 4.79 Å². The summed E-state index contributed by atoms with van der Waals surface area (Å²) >= 11 is 1.72. The number of aromatic nitrogens is 2. The fourth-order valence-electron chi connectivity index (χ4n) is 2.47. The van der Waals surface area contributed by atoms with Gasteiger partial charge in [0, 0.05) is 42.3 Å². The molecule has 2 aromatic heterocycles. The van der Waals surface area contributed by atoms with Gasteiger partial charge in [-0.2, -0.15) is 0 Å². The van der Waals surface area contributed by atoms with E-state index in [1.165, 1.54) is 4.88 Å². The molecule has 0 saturated carbocycles. The van der Waals surface area contributed by atoms with Gasteiger partial charge >= 0.3 is 0 Å². The van der Waals surface area contributed by atoms with Crippen LogP contribution in [-0.2, 0) is 13.0 Å². The summed E-state index contributed by atoms with van der Waals surface area (Å²) in [7, 11) is 0. The van der Waals surface area contributed by atoms with Crippen molar-refractivity contribution in [2.24, 2.45) is 0 Å². The van der Waals surface area contributed by atoms with E-state index in [9.17, 15) is 4.79 Å².